The number of aromatic amines is 1. The number of nitrogens with one attached hydrogen (secondary N) is 1. The van der Waals surface area contributed by atoms with E-state index in [9.17, 15) is 4.39 Å². The van der Waals surface area contributed by atoms with Crippen LogP contribution in [0.3, 0.4) is 0 Å². The Hall–Kier alpha value is -2.84. The van der Waals surface area contributed by atoms with E-state index in [4.69, 9.17) is 10.4 Å². The zero-order chi connectivity index (χ0) is 17.3. The summed E-state index contributed by atoms with van der Waals surface area (Å²) in [6, 6.07) is 12.5. The van der Waals surface area contributed by atoms with Crippen LogP contribution in [0.25, 0.3) is 10.9 Å². The molecule has 0 saturated heterocycles. The average molecular weight is 323 g/mol. The predicted octanol–water partition coefficient (Wildman–Crippen LogP) is 4.14. The number of aromatic nitrogens is 1. The summed E-state index contributed by atoms with van der Waals surface area (Å²) in [5.41, 5.74) is 3.51. The van der Waals surface area contributed by atoms with E-state index in [1.165, 1.54) is 6.07 Å². The van der Waals surface area contributed by atoms with Crippen LogP contribution in [0.1, 0.15) is 23.6 Å². The van der Waals surface area contributed by atoms with Crippen LogP contribution in [0.2, 0.25) is 0 Å². The van der Waals surface area contributed by atoms with Crippen molar-refractivity contribution < 1.29 is 9.50 Å². The maximum absolute atomic E-state index is 14.0. The van der Waals surface area contributed by atoms with Crippen molar-refractivity contribution in [2.45, 2.75) is 20.5 Å². The van der Waals surface area contributed by atoms with E-state index in [1.54, 1.807) is 18.2 Å². The van der Waals surface area contributed by atoms with Crippen LogP contribution in [0, 0.1) is 24.1 Å². The number of hydrogen-bond acceptors (Lipinski definition) is 3. The number of halogens is 1. The highest BCUT2D eigenvalue weighted by Crippen LogP contribution is 2.33. The Morgan fingerprint density at radius 2 is 2.04 bits per heavy atom. The van der Waals surface area contributed by atoms with Crippen molar-refractivity contribution in [3.63, 3.8) is 0 Å². The molecule has 24 heavy (non-hydrogen) atoms. The first-order valence-electron chi connectivity index (χ1n) is 7.78. The fourth-order valence-corrected chi connectivity index (χ4v) is 2.97. The lowest BCUT2D eigenvalue weighted by Gasteiger charge is -2.23. The summed E-state index contributed by atoms with van der Waals surface area (Å²) in [4.78, 5) is 5.32. The summed E-state index contributed by atoms with van der Waals surface area (Å²) in [5.74, 6) is 0.452. The summed E-state index contributed by atoms with van der Waals surface area (Å²) in [5, 5.41) is 19.2. The van der Waals surface area contributed by atoms with Crippen LogP contribution in [0.4, 0.5) is 15.9 Å². The number of hydrogen-bond donors (Lipinski definition) is 2. The molecule has 2 aromatic carbocycles. The normalized spacial score (nSPS) is 10.8. The smallest absolute Gasteiger partial charge is 0.130 e. The second kappa shape index (κ2) is 6.34. The van der Waals surface area contributed by atoms with E-state index in [1.807, 2.05) is 30.9 Å². The molecule has 4 nitrogen and oxygen atoms in total. The van der Waals surface area contributed by atoms with E-state index in [-0.39, 0.29) is 12.2 Å². The van der Waals surface area contributed by atoms with Gasteiger partial charge in [-0.1, -0.05) is 12.1 Å². The van der Waals surface area contributed by atoms with Crippen molar-refractivity contribution in [2.75, 3.05) is 11.4 Å². The average Bonchev–Trinajstić information content (AvgIpc) is 2.92. The third kappa shape index (κ3) is 2.61. The van der Waals surface area contributed by atoms with Gasteiger partial charge in [-0.2, -0.15) is 5.26 Å². The molecular weight excluding hydrogens is 305 g/mol. The highest BCUT2D eigenvalue weighted by molar-refractivity contribution is 5.90. The number of anilines is 2. The van der Waals surface area contributed by atoms with Gasteiger partial charge < -0.3 is 15.0 Å². The lowest BCUT2D eigenvalue weighted by molar-refractivity contribution is 0.276. The van der Waals surface area contributed by atoms with Gasteiger partial charge in [0.1, 0.15) is 11.6 Å². The van der Waals surface area contributed by atoms with Gasteiger partial charge in [0, 0.05) is 28.7 Å². The Kier molecular flexibility index (Phi) is 4.24. The van der Waals surface area contributed by atoms with E-state index >= 15 is 0 Å². The van der Waals surface area contributed by atoms with Gasteiger partial charge in [0.05, 0.1) is 18.2 Å². The van der Waals surface area contributed by atoms with Gasteiger partial charge in [0.2, 0.25) is 0 Å². The largest absolute Gasteiger partial charge is 0.392 e. The highest BCUT2D eigenvalue weighted by Gasteiger charge is 2.16. The Labute approximate surface area is 139 Å². The van der Waals surface area contributed by atoms with Crippen LogP contribution in [0.15, 0.2) is 36.4 Å². The second-order valence-electron chi connectivity index (χ2n) is 5.65. The number of rotatable bonds is 4. The molecule has 0 unspecified atom stereocenters. The summed E-state index contributed by atoms with van der Waals surface area (Å²) in [7, 11) is 0. The first-order chi connectivity index (χ1) is 11.6. The molecule has 2 N–H and O–H groups in total. The molecule has 0 aliphatic rings. The number of fused-ring (bicyclic) bond motifs is 1. The van der Waals surface area contributed by atoms with Crippen molar-refractivity contribution in [1.29, 1.82) is 5.26 Å². The third-order valence-corrected chi connectivity index (χ3v) is 4.27. The topological polar surface area (TPSA) is 63.0 Å². The van der Waals surface area contributed by atoms with Gasteiger partial charge in [-0.25, -0.2) is 4.39 Å². The minimum atomic E-state index is -0.422. The van der Waals surface area contributed by atoms with Crippen LogP contribution >= 0.6 is 0 Å². The maximum Gasteiger partial charge on any atom is 0.130 e. The Morgan fingerprint density at radius 3 is 2.67 bits per heavy atom. The van der Waals surface area contributed by atoms with Crippen LogP contribution in [0.5, 0.6) is 0 Å². The van der Waals surface area contributed by atoms with Crippen LogP contribution in [-0.4, -0.2) is 16.6 Å². The van der Waals surface area contributed by atoms with Gasteiger partial charge in [-0.3, -0.25) is 0 Å². The zero-order valence-corrected chi connectivity index (χ0v) is 13.6. The van der Waals surface area contributed by atoms with Gasteiger partial charge >= 0.3 is 0 Å². The molecule has 0 amide bonds. The number of aliphatic hydroxyl groups excluding tert-OH is 1. The monoisotopic (exact) mass is 323 g/mol. The summed E-state index contributed by atoms with van der Waals surface area (Å²) in [6.45, 7) is 4.32. The lowest BCUT2D eigenvalue weighted by Crippen LogP contribution is -2.17. The molecule has 0 aliphatic carbocycles. The van der Waals surface area contributed by atoms with E-state index in [0.29, 0.717) is 17.8 Å². The molecule has 0 spiro atoms. The highest BCUT2D eigenvalue weighted by atomic mass is 19.1. The molecule has 0 saturated carbocycles. The lowest BCUT2D eigenvalue weighted by atomic mass is 10.1. The van der Waals surface area contributed by atoms with Crippen LogP contribution < -0.4 is 4.90 Å². The first kappa shape index (κ1) is 16.0. The van der Waals surface area contributed by atoms with Gasteiger partial charge in [0.15, 0.2) is 0 Å². The van der Waals surface area contributed by atoms with Crippen molar-refractivity contribution in [3.8, 4) is 6.07 Å². The van der Waals surface area contributed by atoms with Crippen molar-refractivity contribution in [3.05, 3.63) is 58.9 Å². The van der Waals surface area contributed by atoms with Crippen molar-refractivity contribution >= 4 is 22.4 Å². The first-order valence-corrected chi connectivity index (χ1v) is 7.78. The van der Waals surface area contributed by atoms with Gasteiger partial charge in [-0.15, -0.1) is 0 Å². The minimum absolute atomic E-state index is 0.279. The molecule has 0 bridgehead atoms. The number of nitrogens with zero attached hydrogens (tertiary/aromatic N) is 2. The van der Waals surface area contributed by atoms with Crippen molar-refractivity contribution in [2.24, 2.45) is 0 Å². The zero-order valence-electron chi connectivity index (χ0n) is 13.6. The number of benzene rings is 2. The fourth-order valence-electron chi connectivity index (χ4n) is 2.97. The second-order valence-corrected chi connectivity index (χ2v) is 5.65. The number of nitriles is 1. The number of aryl methyl sites for hydroxylation is 1. The fraction of sp³-hybridized carbons (Fsp3) is 0.211. The summed E-state index contributed by atoms with van der Waals surface area (Å²) >= 11 is 0. The minimum Gasteiger partial charge on any atom is -0.392 e. The summed E-state index contributed by atoms with van der Waals surface area (Å²) in [6.07, 6.45) is 0. The summed E-state index contributed by atoms with van der Waals surface area (Å²) < 4.78 is 14.0. The quantitative estimate of drug-likeness (QED) is 0.758. The molecule has 1 heterocycles. The van der Waals surface area contributed by atoms with E-state index in [2.05, 4.69) is 11.1 Å². The molecule has 0 aliphatic heterocycles. The molecule has 0 fully saturated rings. The molecule has 0 atom stereocenters. The van der Waals surface area contributed by atoms with E-state index < -0.39 is 5.82 Å². The standard InChI is InChI=1S/C19H18FN3O/c1-3-23(15-6-5-14(11-24)17(20)9-15)19-12(2)16-7-4-13(10-21)8-18(16)22-19/h4-9,22,24H,3,11H2,1-2H3. The maximum atomic E-state index is 14.0. The molecular formula is C19H18FN3O. The molecule has 3 aromatic rings. The van der Waals surface area contributed by atoms with E-state index in [0.717, 1.165) is 22.3 Å². The Bertz CT molecular complexity index is 940. The predicted molar refractivity (Wildman–Crippen MR) is 92.8 cm³/mol. The van der Waals surface area contributed by atoms with Gasteiger partial charge in [0.25, 0.3) is 0 Å². The van der Waals surface area contributed by atoms with Crippen LogP contribution in [-0.2, 0) is 6.61 Å². The number of H-pyrrole nitrogens is 1. The van der Waals surface area contributed by atoms with Gasteiger partial charge in [-0.05, 0) is 43.7 Å². The Morgan fingerprint density at radius 1 is 1.25 bits per heavy atom. The molecule has 122 valence electrons. The molecule has 3 rings (SSSR count). The van der Waals surface area contributed by atoms with Crippen molar-refractivity contribution in [1.82, 2.24) is 4.98 Å². The molecule has 1 aromatic heterocycles. The molecule has 0 radical (unpaired) electrons. The number of aliphatic hydroxyl groups is 1. The molecule has 5 heteroatoms. The SMILES string of the molecule is CCN(c1ccc(CO)c(F)c1)c1[nH]c2cc(C#N)ccc2c1C. The third-order valence-electron chi connectivity index (χ3n) is 4.27. The Balaban J connectivity index is 2.11.